The van der Waals surface area contributed by atoms with Crippen molar-refractivity contribution < 1.29 is 9.53 Å². The van der Waals surface area contributed by atoms with Crippen molar-refractivity contribution in [3.05, 3.63) is 82.6 Å². The molecule has 2 aromatic carbocycles. The zero-order valence-corrected chi connectivity index (χ0v) is 17.6. The third-order valence-corrected chi connectivity index (χ3v) is 5.39. The lowest BCUT2D eigenvalue weighted by molar-refractivity contribution is 0.0940. The van der Waals surface area contributed by atoms with Crippen LogP contribution in [0.3, 0.4) is 0 Å². The Hall–Kier alpha value is -3.38. The van der Waals surface area contributed by atoms with E-state index in [9.17, 15) is 4.79 Å². The van der Waals surface area contributed by atoms with Gasteiger partial charge in [-0.1, -0.05) is 48.0 Å². The minimum Gasteiger partial charge on any atom is -0.497 e. The smallest absolute Gasteiger partial charge is 0.254 e. The van der Waals surface area contributed by atoms with Gasteiger partial charge in [-0.15, -0.1) is 0 Å². The second-order valence-corrected chi connectivity index (χ2v) is 7.37. The van der Waals surface area contributed by atoms with E-state index in [1.807, 2.05) is 68.4 Å². The molecule has 6 nitrogen and oxygen atoms in total. The third kappa shape index (κ3) is 3.62. The average molecular weight is 421 g/mol. The summed E-state index contributed by atoms with van der Waals surface area (Å²) in [6.07, 6.45) is 1.50. The van der Waals surface area contributed by atoms with E-state index in [1.165, 1.54) is 6.20 Å². The molecule has 0 aliphatic rings. The molecule has 4 aromatic rings. The van der Waals surface area contributed by atoms with Crippen LogP contribution >= 0.6 is 11.6 Å². The van der Waals surface area contributed by atoms with Gasteiger partial charge in [0.1, 0.15) is 5.75 Å². The largest absolute Gasteiger partial charge is 0.497 e. The number of aromatic nitrogens is 3. The number of aryl methyl sites for hydroxylation is 1. The fourth-order valence-corrected chi connectivity index (χ4v) is 3.74. The van der Waals surface area contributed by atoms with Crippen LogP contribution in [0.25, 0.3) is 16.7 Å². The number of carbonyl (C=O) groups is 1. The Labute approximate surface area is 179 Å². The second-order valence-electron chi connectivity index (χ2n) is 6.99. The highest BCUT2D eigenvalue weighted by atomic mass is 35.5. The Morgan fingerprint density at radius 3 is 2.67 bits per heavy atom. The number of nitrogens with one attached hydrogen (secondary N) is 1. The van der Waals surface area contributed by atoms with Crippen molar-refractivity contribution in [2.45, 2.75) is 19.9 Å². The highest BCUT2D eigenvalue weighted by Gasteiger charge is 2.21. The van der Waals surface area contributed by atoms with Crippen LogP contribution in [0.15, 0.2) is 60.8 Å². The predicted molar refractivity (Wildman–Crippen MR) is 117 cm³/mol. The summed E-state index contributed by atoms with van der Waals surface area (Å²) >= 11 is 6.65. The fraction of sp³-hybridized carbons (Fsp3) is 0.174. The molecule has 2 aromatic heterocycles. The van der Waals surface area contributed by atoms with Gasteiger partial charge in [0.05, 0.1) is 40.5 Å². The topological polar surface area (TPSA) is 69.0 Å². The van der Waals surface area contributed by atoms with Crippen molar-refractivity contribution in [1.82, 2.24) is 20.1 Å². The molecule has 1 N–H and O–H groups in total. The van der Waals surface area contributed by atoms with Crippen LogP contribution in [0, 0.1) is 6.92 Å². The molecule has 0 saturated heterocycles. The van der Waals surface area contributed by atoms with Crippen molar-refractivity contribution in [1.29, 1.82) is 0 Å². The molecule has 0 saturated carbocycles. The van der Waals surface area contributed by atoms with E-state index in [1.54, 1.807) is 11.8 Å². The average Bonchev–Trinajstić information content (AvgIpc) is 3.11. The van der Waals surface area contributed by atoms with Gasteiger partial charge in [-0.25, -0.2) is 9.67 Å². The number of hydrogen-bond acceptors (Lipinski definition) is 4. The Bertz CT molecular complexity index is 1220. The second kappa shape index (κ2) is 8.16. The summed E-state index contributed by atoms with van der Waals surface area (Å²) in [7, 11) is 1.61. The predicted octanol–water partition coefficient (Wildman–Crippen LogP) is 4.88. The van der Waals surface area contributed by atoms with Gasteiger partial charge in [-0.05, 0) is 31.5 Å². The van der Waals surface area contributed by atoms with E-state index in [0.29, 0.717) is 33.1 Å². The molecule has 0 spiro atoms. The summed E-state index contributed by atoms with van der Waals surface area (Å²) in [6.45, 7) is 3.78. The number of amides is 1. The lowest BCUT2D eigenvalue weighted by Crippen LogP contribution is -2.27. The minimum absolute atomic E-state index is 0.161. The van der Waals surface area contributed by atoms with Gasteiger partial charge >= 0.3 is 0 Å². The molecule has 0 bridgehead atoms. The number of hydrogen-bond donors (Lipinski definition) is 1. The number of benzene rings is 2. The SMILES string of the molecule is COc1cccc(-n2nc(C)c3c(Cl)c(C(=O)N[C@@H](C)c4ccccc4)cnc32)c1. The van der Waals surface area contributed by atoms with Crippen molar-refractivity contribution in [3.8, 4) is 11.4 Å². The summed E-state index contributed by atoms with van der Waals surface area (Å²) in [5, 5.41) is 8.56. The van der Waals surface area contributed by atoms with E-state index in [-0.39, 0.29) is 11.9 Å². The summed E-state index contributed by atoms with van der Waals surface area (Å²) in [4.78, 5) is 17.4. The van der Waals surface area contributed by atoms with Crippen LogP contribution in [0.1, 0.15) is 34.6 Å². The molecule has 0 unspecified atom stereocenters. The molecule has 0 radical (unpaired) electrons. The zero-order valence-electron chi connectivity index (χ0n) is 16.9. The van der Waals surface area contributed by atoms with Gasteiger partial charge in [0.15, 0.2) is 5.65 Å². The number of carbonyl (C=O) groups excluding carboxylic acids is 1. The van der Waals surface area contributed by atoms with Gasteiger partial charge in [-0.3, -0.25) is 4.79 Å². The Morgan fingerprint density at radius 1 is 1.17 bits per heavy atom. The molecule has 30 heavy (non-hydrogen) atoms. The van der Waals surface area contributed by atoms with Crippen LogP contribution in [0.4, 0.5) is 0 Å². The summed E-state index contributed by atoms with van der Waals surface area (Å²) in [6, 6.07) is 17.1. The maximum atomic E-state index is 12.9. The minimum atomic E-state index is -0.278. The van der Waals surface area contributed by atoms with E-state index in [2.05, 4.69) is 15.4 Å². The monoisotopic (exact) mass is 420 g/mol. The van der Waals surface area contributed by atoms with Crippen LogP contribution < -0.4 is 10.1 Å². The number of rotatable bonds is 5. The fourth-order valence-electron chi connectivity index (χ4n) is 3.39. The maximum absolute atomic E-state index is 12.9. The van der Waals surface area contributed by atoms with Gasteiger partial charge in [0.2, 0.25) is 0 Å². The molecule has 0 aliphatic carbocycles. The zero-order chi connectivity index (χ0) is 21.3. The number of halogens is 1. The van der Waals surface area contributed by atoms with Crippen LogP contribution in [0.5, 0.6) is 5.75 Å². The number of ether oxygens (including phenoxy) is 1. The highest BCUT2D eigenvalue weighted by molar-refractivity contribution is 6.38. The Kier molecular flexibility index (Phi) is 5.42. The maximum Gasteiger partial charge on any atom is 0.254 e. The Morgan fingerprint density at radius 2 is 1.93 bits per heavy atom. The number of pyridine rings is 1. The standard InChI is InChI=1S/C23H21ClN4O2/c1-14(16-8-5-4-6-9-16)26-23(29)19-13-25-22-20(21(19)24)15(2)27-28(22)17-10-7-11-18(12-17)30-3/h4-14H,1-3H3,(H,26,29)/t14-/m0/s1. The molecule has 0 fully saturated rings. The van der Waals surface area contributed by atoms with Gasteiger partial charge in [0, 0.05) is 12.3 Å². The Balaban J connectivity index is 1.71. The number of methoxy groups -OCH3 is 1. The highest BCUT2D eigenvalue weighted by Crippen LogP contribution is 2.31. The van der Waals surface area contributed by atoms with Crippen molar-refractivity contribution >= 4 is 28.5 Å². The third-order valence-electron chi connectivity index (χ3n) is 5.00. The summed E-state index contributed by atoms with van der Waals surface area (Å²) in [5.41, 5.74) is 3.40. The molecular formula is C23H21ClN4O2. The molecule has 2 heterocycles. The lowest BCUT2D eigenvalue weighted by atomic mass is 10.1. The van der Waals surface area contributed by atoms with E-state index < -0.39 is 0 Å². The van der Waals surface area contributed by atoms with Crippen LogP contribution in [0.2, 0.25) is 5.02 Å². The lowest BCUT2D eigenvalue weighted by Gasteiger charge is -2.15. The summed E-state index contributed by atoms with van der Waals surface area (Å²) < 4.78 is 7.00. The molecule has 4 rings (SSSR count). The quantitative estimate of drug-likeness (QED) is 0.499. The summed E-state index contributed by atoms with van der Waals surface area (Å²) in [5.74, 6) is 0.435. The van der Waals surface area contributed by atoms with E-state index in [4.69, 9.17) is 16.3 Å². The first-order valence-electron chi connectivity index (χ1n) is 9.53. The van der Waals surface area contributed by atoms with Crippen molar-refractivity contribution in [3.63, 3.8) is 0 Å². The molecule has 0 aliphatic heterocycles. The molecule has 1 atom stereocenters. The van der Waals surface area contributed by atoms with Crippen LogP contribution in [-0.2, 0) is 0 Å². The number of nitrogens with zero attached hydrogens (tertiary/aromatic N) is 3. The molecule has 152 valence electrons. The molecule has 1 amide bonds. The first-order valence-corrected chi connectivity index (χ1v) is 9.91. The van der Waals surface area contributed by atoms with Gasteiger partial charge < -0.3 is 10.1 Å². The van der Waals surface area contributed by atoms with Crippen molar-refractivity contribution in [2.75, 3.05) is 7.11 Å². The van der Waals surface area contributed by atoms with Gasteiger partial charge in [-0.2, -0.15) is 5.10 Å². The molecule has 7 heteroatoms. The molecular weight excluding hydrogens is 400 g/mol. The number of fused-ring (bicyclic) bond motifs is 1. The van der Waals surface area contributed by atoms with E-state index >= 15 is 0 Å². The van der Waals surface area contributed by atoms with Crippen LogP contribution in [-0.4, -0.2) is 27.8 Å². The van der Waals surface area contributed by atoms with Crippen molar-refractivity contribution in [2.24, 2.45) is 0 Å². The van der Waals surface area contributed by atoms with Gasteiger partial charge in [0.25, 0.3) is 5.91 Å². The first kappa shape index (κ1) is 19.9. The first-order chi connectivity index (χ1) is 14.5. The van der Waals surface area contributed by atoms with E-state index in [0.717, 1.165) is 11.3 Å². The normalized spacial score (nSPS) is 12.0.